The van der Waals surface area contributed by atoms with Crippen molar-refractivity contribution >= 4 is 27.4 Å². The summed E-state index contributed by atoms with van der Waals surface area (Å²) in [5, 5.41) is 1.42. The molecule has 0 N–H and O–H groups in total. The van der Waals surface area contributed by atoms with Gasteiger partial charge in [-0.05, 0) is 76.4 Å². The monoisotopic (exact) mass is 426 g/mol. The molecule has 164 valence electrons. The van der Waals surface area contributed by atoms with Crippen molar-refractivity contribution in [2.45, 2.75) is 96.4 Å². The number of thiophene rings is 1. The van der Waals surface area contributed by atoms with Crippen LogP contribution >= 0.6 is 11.3 Å². The maximum Gasteiger partial charge on any atom is 0.141 e. The van der Waals surface area contributed by atoms with Crippen LogP contribution in [0.3, 0.4) is 0 Å². The largest absolute Gasteiger partial charge is 0.356 e. The standard InChI is InChI=1S/C25H38N4S/c1-3-18(2)23-26-24(22-20-10-6-4-7-11-21(20)30-25(22)27-23)29-16-12-19(13-17-29)28-14-8-5-9-15-28/h18-19H,3-17H2,1-2H3/t18-/m0/s1. The van der Waals surface area contributed by atoms with Gasteiger partial charge in [0, 0.05) is 29.9 Å². The molecule has 2 fully saturated rings. The Hall–Kier alpha value is -1.20. The molecule has 2 aliphatic heterocycles. The van der Waals surface area contributed by atoms with Gasteiger partial charge in [-0.3, -0.25) is 0 Å². The summed E-state index contributed by atoms with van der Waals surface area (Å²) in [7, 11) is 0. The highest BCUT2D eigenvalue weighted by Crippen LogP contribution is 2.40. The fraction of sp³-hybridized carbons (Fsp3) is 0.760. The number of piperidine rings is 2. The van der Waals surface area contributed by atoms with Crippen LogP contribution in [0.25, 0.3) is 10.2 Å². The molecule has 2 saturated heterocycles. The van der Waals surface area contributed by atoms with Crippen LogP contribution in [0.2, 0.25) is 0 Å². The van der Waals surface area contributed by atoms with E-state index in [9.17, 15) is 0 Å². The fourth-order valence-corrected chi connectivity index (χ4v) is 6.95. The molecular formula is C25H38N4S. The van der Waals surface area contributed by atoms with Crippen molar-refractivity contribution in [3.8, 4) is 0 Å². The molecule has 3 aliphatic rings. The second kappa shape index (κ2) is 9.12. The van der Waals surface area contributed by atoms with Gasteiger partial charge < -0.3 is 9.80 Å². The molecule has 4 nitrogen and oxygen atoms in total. The van der Waals surface area contributed by atoms with Crippen molar-refractivity contribution in [3.63, 3.8) is 0 Å². The summed E-state index contributed by atoms with van der Waals surface area (Å²) >= 11 is 1.97. The van der Waals surface area contributed by atoms with Gasteiger partial charge in [-0.25, -0.2) is 9.97 Å². The second-order valence-electron chi connectivity index (χ2n) is 9.77. The summed E-state index contributed by atoms with van der Waals surface area (Å²) in [6.45, 7) is 9.48. The quantitative estimate of drug-likeness (QED) is 0.567. The second-order valence-corrected chi connectivity index (χ2v) is 10.9. The van der Waals surface area contributed by atoms with Crippen molar-refractivity contribution in [2.24, 2.45) is 0 Å². The molecular weight excluding hydrogens is 388 g/mol. The number of hydrogen-bond acceptors (Lipinski definition) is 5. The van der Waals surface area contributed by atoms with Crippen LogP contribution in [0.4, 0.5) is 5.82 Å². The molecule has 0 amide bonds. The number of likely N-dealkylation sites (tertiary alicyclic amines) is 1. The fourth-order valence-electron chi connectivity index (χ4n) is 5.69. The third-order valence-electron chi connectivity index (χ3n) is 7.79. The van der Waals surface area contributed by atoms with Crippen molar-refractivity contribution in [1.82, 2.24) is 14.9 Å². The molecule has 5 heteroatoms. The summed E-state index contributed by atoms with van der Waals surface area (Å²) in [5.74, 6) is 2.77. The third-order valence-corrected chi connectivity index (χ3v) is 8.97. The topological polar surface area (TPSA) is 32.3 Å². The van der Waals surface area contributed by atoms with E-state index in [0.717, 1.165) is 31.4 Å². The molecule has 4 heterocycles. The third kappa shape index (κ3) is 4.00. The van der Waals surface area contributed by atoms with Gasteiger partial charge in [0.1, 0.15) is 16.5 Å². The van der Waals surface area contributed by atoms with Crippen LogP contribution in [0.15, 0.2) is 0 Å². The Morgan fingerprint density at radius 3 is 2.43 bits per heavy atom. The predicted molar refractivity (Wildman–Crippen MR) is 128 cm³/mol. The molecule has 2 aromatic rings. The minimum Gasteiger partial charge on any atom is -0.356 e. The van der Waals surface area contributed by atoms with Gasteiger partial charge in [0.05, 0.1) is 5.39 Å². The van der Waals surface area contributed by atoms with Gasteiger partial charge in [-0.2, -0.15) is 0 Å². The Morgan fingerprint density at radius 1 is 0.933 bits per heavy atom. The molecule has 0 bridgehead atoms. The molecule has 0 spiro atoms. The van der Waals surface area contributed by atoms with Crippen molar-refractivity contribution in [1.29, 1.82) is 0 Å². The smallest absolute Gasteiger partial charge is 0.141 e. The van der Waals surface area contributed by atoms with E-state index in [1.807, 2.05) is 11.3 Å². The molecule has 0 saturated carbocycles. The number of rotatable bonds is 4. The lowest BCUT2D eigenvalue weighted by atomic mass is 9.99. The van der Waals surface area contributed by atoms with Gasteiger partial charge in [0.15, 0.2) is 0 Å². The van der Waals surface area contributed by atoms with Crippen LogP contribution in [-0.4, -0.2) is 47.1 Å². The lowest BCUT2D eigenvalue weighted by Crippen LogP contribution is -2.47. The number of hydrogen-bond donors (Lipinski definition) is 0. The van der Waals surface area contributed by atoms with Crippen LogP contribution in [-0.2, 0) is 12.8 Å². The molecule has 0 unspecified atom stereocenters. The van der Waals surface area contributed by atoms with Crippen molar-refractivity contribution in [2.75, 3.05) is 31.1 Å². The summed E-state index contributed by atoms with van der Waals surface area (Å²) in [5.41, 5.74) is 1.59. The van der Waals surface area contributed by atoms with E-state index in [2.05, 4.69) is 23.6 Å². The molecule has 2 aromatic heterocycles. The van der Waals surface area contributed by atoms with Crippen molar-refractivity contribution < 1.29 is 0 Å². The zero-order valence-corrected chi connectivity index (χ0v) is 19.8. The highest BCUT2D eigenvalue weighted by molar-refractivity contribution is 7.19. The van der Waals surface area contributed by atoms with E-state index in [4.69, 9.17) is 9.97 Å². The van der Waals surface area contributed by atoms with E-state index in [-0.39, 0.29) is 0 Å². The molecule has 5 rings (SSSR count). The molecule has 0 radical (unpaired) electrons. The van der Waals surface area contributed by atoms with E-state index < -0.39 is 0 Å². The van der Waals surface area contributed by atoms with Gasteiger partial charge in [-0.15, -0.1) is 11.3 Å². The van der Waals surface area contributed by atoms with Gasteiger partial charge >= 0.3 is 0 Å². The van der Waals surface area contributed by atoms with E-state index >= 15 is 0 Å². The SMILES string of the molecule is CC[C@H](C)c1nc(N2CCC(N3CCCCC3)CC2)c2c3c(sc2n1)CCCCC3. The Morgan fingerprint density at radius 2 is 1.67 bits per heavy atom. The lowest BCUT2D eigenvalue weighted by Gasteiger charge is -2.40. The highest BCUT2D eigenvalue weighted by atomic mass is 32.1. The predicted octanol–water partition coefficient (Wildman–Crippen LogP) is 5.93. The minimum absolute atomic E-state index is 0.431. The average Bonchev–Trinajstić information content (AvgIpc) is 2.99. The van der Waals surface area contributed by atoms with E-state index in [1.165, 1.54) is 93.3 Å². The summed E-state index contributed by atoms with van der Waals surface area (Å²) in [6, 6.07) is 0.785. The van der Waals surface area contributed by atoms with Crippen molar-refractivity contribution in [3.05, 3.63) is 16.3 Å². The maximum atomic E-state index is 5.25. The first-order valence-electron chi connectivity index (χ1n) is 12.6. The number of nitrogens with zero attached hydrogens (tertiary/aromatic N) is 4. The van der Waals surface area contributed by atoms with Gasteiger partial charge in [-0.1, -0.05) is 26.7 Å². The summed E-state index contributed by atoms with van der Waals surface area (Å²) in [4.78, 5) is 18.6. The molecule has 0 aromatic carbocycles. The normalized spacial score (nSPS) is 22.8. The Balaban J connectivity index is 1.47. The van der Waals surface area contributed by atoms with Gasteiger partial charge in [0.2, 0.25) is 0 Å². The van der Waals surface area contributed by atoms with Gasteiger partial charge in [0.25, 0.3) is 0 Å². The minimum atomic E-state index is 0.431. The number of aromatic nitrogens is 2. The summed E-state index contributed by atoms with van der Waals surface area (Å²) in [6.07, 6.45) is 14.4. The van der Waals surface area contributed by atoms with Crippen LogP contribution in [0.1, 0.15) is 93.8 Å². The average molecular weight is 427 g/mol. The number of fused-ring (bicyclic) bond motifs is 3. The summed E-state index contributed by atoms with van der Waals surface area (Å²) < 4.78 is 0. The molecule has 30 heavy (non-hydrogen) atoms. The Kier molecular flexibility index (Phi) is 6.29. The van der Waals surface area contributed by atoms with E-state index in [1.54, 1.807) is 10.4 Å². The first-order chi connectivity index (χ1) is 14.7. The van der Waals surface area contributed by atoms with E-state index in [0.29, 0.717) is 5.92 Å². The zero-order chi connectivity index (χ0) is 20.5. The Bertz CT molecular complexity index is 862. The Labute approximate surface area is 186 Å². The van der Waals surface area contributed by atoms with Crippen LogP contribution in [0, 0.1) is 0 Å². The number of aryl methyl sites for hydroxylation is 2. The number of anilines is 1. The molecule has 1 atom stereocenters. The zero-order valence-electron chi connectivity index (χ0n) is 19.0. The first-order valence-corrected chi connectivity index (χ1v) is 13.4. The van der Waals surface area contributed by atoms with Crippen LogP contribution in [0.5, 0.6) is 0 Å². The highest BCUT2D eigenvalue weighted by Gasteiger charge is 2.29. The lowest BCUT2D eigenvalue weighted by molar-refractivity contribution is 0.141. The van der Waals surface area contributed by atoms with Crippen LogP contribution < -0.4 is 4.90 Å². The maximum absolute atomic E-state index is 5.25. The first kappa shape index (κ1) is 20.7. The molecule has 1 aliphatic carbocycles.